The summed E-state index contributed by atoms with van der Waals surface area (Å²) in [6.45, 7) is 1.84. The lowest BCUT2D eigenvalue weighted by Crippen LogP contribution is -2.13. The fraction of sp³-hybridized carbons (Fsp3) is 0.0588. The Hall–Kier alpha value is -3.26. The van der Waals surface area contributed by atoms with Crippen molar-refractivity contribution in [1.29, 1.82) is 5.26 Å². The Kier molecular flexibility index (Phi) is 3.28. The van der Waals surface area contributed by atoms with Crippen molar-refractivity contribution in [2.45, 2.75) is 6.92 Å². The third kappa shape index (κ3) is 2.27. The number of amides is 1. The lowest BCUT2D eigenvalue weighted by molar-refractivity contribution is 0.100. The quantitative estimate of drug-likeness (QED) is 0.784. The van der Waals surface area contributed by atoms with Crippen LogP contribution in [0.3, 0.4) is 0 Å². The van der Waals surface area contributed by atoms with Crippen molar-refractivity contribution < 1.29 is 4.79 Å². The van der Waals surface area contributed by atoms with E-state index in [9.17, 15) is 4.79 Å². The summed E-state index contributed by atoms with van der Waals surface area (Å²) in [4.78, 5) is 20.1. The number of aromatic nitrogens is 2. The van der Waals surface area contributed by atoms with E-state index in [2.05, 4.69) is 9.97 Å². The van der Waals surface area contributed by atoms with Crippen LogP contribution in [0.4, 0.5) is 0 Å². The Morgan fingerprint density at radius 1 is 1.23 bits per heavy atom. The molecule has 3 aromatic rings. The van der Waals surface area contributed by atoms with E-state index in [1.54, 1.807) is 18.3 Å². The van der Waals surface area contributed by atoms with Gasteiger partial charge in [-0.15, -0.1) is 0 Å². The van der Waals surface area contributed by atoms with E-state index in [0.29, 0.717) is 11.3 Å². The Morgan fingerprint density at radius 2 is 2.05 bits per heavy atom. The zero-order valence-electron chi connectivity index (χ0n) is 11.9. The van der Waals surface area contributed by atoms with Crippen LogP contribution in [0, 0.1) is 18.3 Å². The average Bonchev–Trinajstić information content (AvgIpc) is 2.53. The molecule has 3 rings (SSSR count). The van der Waals surface area contributed by atoms with Crippen LogP contribution in [0.1, 0.15) is 21.7 Å². The number of hydrogen-bond acceptors (Lipinski definition) is 4. The number of nitrogens with two attached hydrogens (primary N) is 1. The maximum Gasteiger partial charge on any atom is 0.249 e. The molecule has 2 aromatic heterocycles. The van der Waals surface area contributed by atoms with Crippen molar-refractivity contribution in [2.75, 3.05) is 0 Å². The van der Waals surface area contributed by atoms with Gasteiger partial charge in [0, 0.05) is 22.8 Å². The van der Waals surface area contributed by atoms with E-state index >= 15 is 0 Å². The number of nitrogens with zero attached hydrogens (tertiary/aromatic N) is 3. The predicted octanol–water partition coefficient (Wildman–Crippen LogP) is 2.58. The van der Waals surface area contributed by atoms with Crippen molar-refractivity contribution in [3.63, 3.8) is 0 Å². The van der Waals surface area contributed by atoms with Crippen LogP contribution in [0.5, 0.6) is 0 Å². The van der Waals surface area contributed by atoms with E-state index in [1.807, 2.05) is 37.3 Å². The van der Waals surface area contributed by atoms with Gasteiger partial charge in [0.2, 0.25) is 5.91 Å². The molecule has 0 saturated carbocycles. The van der Waals surface area contributed by atoms with Crippen LogP contribution in [-0.4, -0.2) is 15.9 Å². The molecule has 0 aliphatic rings. The molecule has 5 heteroatoms. The van der Waals surface area contributed by atoms with E-state index in [0.717, 1.165) is 27.7 Å². The highest BCUT2D eigenvalue weighted by atomic mass is 16.1. The van der Waals surface area contributed by atoms with Gasteiger partial charge in [0.05, 0.1) is 11.1 Å². The zero-order valence-corrected chi connectivity index (χ0v) is 11.9. The number of carbonyl (C=O) groups excluding carboxylic acids is 1. The van der Waals surface area contributed by atoms with Gasteiger partial charge in [-0.3, -0.25) is 9.78 Å². The van der Waals surface area contributed by atoms with Gasteiger partial charge in [0.1, 0.15) is 11.8 Å². The predicted molar refractivity (Wildman–Crippen MR) is 82.9 cm³/mol. The molecule has 0 saturated heterocycles. The summed E-state index contributed by atoms with van der Waals surface area (Å²) in [6.07, 6.45) is 1.57. The number of benzene rings is 1. The van der Waals surface area contributed by atoms with Gasteiger partial charge < -0.3 is 5.73 Å². The van der Waals surface area contributed by atoms with Gasteiger partial charge in [0.25, 0.3) is 0 Å². The van der Waals surface area contributed by atoms with E-state index in [4.69, 9.17) is 11.0 Å². The number of nitriles is 1. The largest absolute Gasteiger partial charge is 0.366 e. The molecular weight excluding hydrogens is 276 g/mol. The number of rotatable bonds is 2. The second-order valence-electron chi connectivity index (χ2n) is 4.90. The van der Waals surface area contributed by atoms with Gasteiger partial charge >= 0.3 is 0 Å². The summed E-state index contributed by atoms with van der Waals surface area (Å²) >= 11 is 0. The van der Waals surface area contributed by atoms with Crippen molar-refractivity contribution in [3.8, 4) is 17.2 Å². The SMILES string of the molecule is Cc1nccc(C(N)=O)c1-c1ccc2nc(C#N)ccc2c1. The van der Waals surface area contributed by atoms with Gasteiger partial charge in [-0.05, 0) is 42.8 Å². The second-order valence-corrected chi connectivity index (χ2v) is 4.90. The van der Waals surface area contributed by atoms with Crippen LogP contribution in [0.15, 0.2) is 42.6 Å². The topological polar surface area (TPSA) is 92.7 Å². The third-order valence-corrected chi connectivity index (χ3v) is 3.50. The number of carbonyl (C=O) groups is 1. The molecule has 1 aromatic carbocycles. The standard InChI is InChI=1S/C17H12N4O/c1-10-16(14(17(19)22)6-7-20-10)12-3-5-15-11(8-12)2-4-13(9-18)21-15/h2-8H,1H3,(H2,19,22). The maximum absolute atomic E-state index is 11.6. The van der Waals surface area contributed by atoms with E-state index in [-0.39, 0.29) is 0 Å². The molecular formula is C17H12N4O. The van der Waals surface area contributed by atoms with Crippen molar-refractivity contribution in [3.05, 3.63) is 59.5 Å². The lowest BCUT2D eigenvalue weighted by atomic mass is 9.97. The van der Waals surface area contributed by atoms with Gasteiger partial charge in [-0.1, -0.05) is 6.07 Å². The second kappa shape index (κ2) is 5.26. The molecule has 1 amide bonds. The molecule has 0 atom stereocenters. The minimum absolute atomic E-state index is 0.371. The molecule has 0 aliphatic heterocycles. The van der Waals surface area contributed by atoms with Crippen LogP contribution < -0.4 is 5.73 Å². The first-order chi connectivity index (χ1) is 10.6. The van der Waals surface area contributed by atoms with E-state index < -0.39 is 5.91 Å². The third-order valence-electron chi connectivity index (χ3n) is 3.50. The monoisotopic (exact) mass is 288 g/mol. The molecule has 2 N–H and O–H groups in total. The Bertz CT molecular complexity index is 941. The van der Waals surface area contributed by atoms with Gasteiger partial charge in [0.15, 0.2) is 0 Å². The number of primary amides is 1. The Balaban J connectivity index is 2.24. The molecule has 0 bridgehead atoms. The van der Waals surface area contributed by atoms with Crippen molar-refractivity contribution in [1.82, 2.24) is 9.97 Å². The smallest absolute Gasteiger partial charge is 0.249 e. The molecule has 0 fully saturated rings. The molecule has 0 aliphatic carbocycles. The first-order valence-corrected chi connectivity index (χ1v) is 6.67. The first kappa shape index (κ1) is 13.7. The zero-order chi connectivity index (χ0) is 15.7. The van der Waals surface area contributed by atoms with Gasteiger partial charge in [-0.2, -0.15) is 5.26 Å². The number of hydrogen-bond donors (Lipinski definition) is 1. The summed E-state index contributed by atoms with van der Waals surface area (Å²) in [5, 5.41) is 9.78. The number of fused-ring (bicyclic) bond motifs is 1. The van der Waals surface area contributed by atoms with Crippen LogP contribution in [0.2, 0.25) is 0 Å². The Morgan fingerprint density at radius 3 is 2.77 bits per heavy atom. The molecule has 106 valence electrons. The Labute approximate surface area is 127 Å². The summed E-state index contributed by atoms with van der Waals surface area (Å²) in [5.41, 5.74) is 9.30. The maximum atomic E-state index is 11.6. The van der Waals surface area contributed by atoms with Crippen LogP contribution in [0.25, 0.3) is 22.0 Å². The van der Waals surface area contributed by atoms with Crippen LogP contribution in [-0.2, 0) is 0 Å². The summed E-state index contributed by atoms with van der Waals surface area (Å²) < 4.78 is 0. The molecule has 0 spiro atoms. The fourth-order valence-corrected chi connectivity index (χ4v) is 2.48. The minimum Gasteiger partial charge on any atom is -0.366 e. The molecule has 22 heavy (non-hydrogen) atoms. The van der Waals surface area contributed by atoms with Gasteiger partial charge in [-0.25, -0.2) is 4.98 Å². The molecule has 0 radical (unpaired) electrons. The highest BCUT2D eigenvalue weighted by Gasteiger charge is 2.14. The lowest BCUT2D eigenvalue weighted by Gasteiger charge is -2.10. The summed E-state index contributed by atoms with van der Waals surface area (Å²) in [5.74, 6) is -0.487. The highest BCUT2D eigenvalue weighted by Crippen LogP contribution is 2.28. The normalized spacial score (nSPS) is 10.4. The van der Waals surface area contributed by atoms with Crippen molar-refractivity contribution in [2.24, 2.45) is 5.73 Å². The molecule has 5 nitrogen and oxygen atoms in total. The summed E-state index contributed by atoms with van der Waals surface area (Å²) in [6, 6.07) is 12.7. The van der Waals surface area contributed by atoms with E-state index in [1.165, 1.54) is 0 Å². The number of pyridine rings is 2. The first-order valence-electron chi connectivity index (χ1n) is 6.67. The highest BCUT2D eigenvalue weighted by molar-refractivity contribution is 6.01. The number of aryl methyl sites for hydroxylation is 1. The van der Waals surface area contributed by atoms with Crippen molar-refractivity contribution >= 4 is 16.8 Å². The molecule has 2 heterocycles. The minimum atomic E-state index is -0.487. The average molecular weight is 288 g/mol. The summed E-state index contributed by atoms with van der Waals surface area (Å²) in [7, 11) is 0. The van der Waals surface area contributed by atoms with Crippen LogP contribution >= 0.6 is 0 Å². The fourth-order valence-electron chi connectivity index (χ4n) is 2.48. The molecule has 0 unspecified atom stereocenters.